The lowest BCUT2D eigenvalue weighted by Gasteiger charge is -2.16. The van der Waals surface area contributed by atoms with Gasteiger partial charge in [0.05, 0.1) is 11.6 Å². The average molecular weight is 434 g/mol. The monoisotopic (exact) mass is 433 g/mol. The van der Waals surface area contributed by atoms with Gasteiger partial charge in [-0.25, -0.2) is 0 Å². The number of aryl methyl sites for hydroxylation is 1. The Labute approximate surface area is 184 Å². The van der Waals surface area contributed by atoms with Gasteiger partial charge in [-0.2, -0.15) is 0 Å². The van der Waals surface area contributed by atoms with Crippen LogP contribution in [0, 0.1) is 6.92 Å². The number of halogens is 1. The van der Waals surface area contributed by atoms with Gasteiger partial charge in [-0.05, 0) is 77.3 Å². The quantitative estimate of drug-likeness (QED) is 0.493. The first kappa shape index (κ1) is 24.0. The summed E-state index contributed by atoms with van der Waals surface area (Å²) in [4.78, 5) is 14.4. The number of nitrogens with zero attached hydrogens (tertiary/aromatic N) is 1. The van der Waals surface area contributed by atoms with Crippen molar-refractivity contribution in [1.29, 1.82) is 0 Å². The number of amides is 1. The molecule has 2 N–H and O–H groups in total. The lowest BCUT2D eigenvalue weighted by Crippen LogP contribution is -2.21. The number of carbonyl (C=O) groups is 1. The van der Waals surface area contributed by atoms with E-state index >= 15 is 0 Å². The number of hydrogen-bond donors (Lipinski definition) is 2. The number of carbonyl (C=O) groups excluding carboxylic acids is 1. The molecular formula is C23H32ClN3O3. The molecule has 7 heteroatoms. The van der Waals surface area contributed by atoms with E-state index in [4.69, 9.17) is 21.1 Å². The Hall–Kier alpha value is -2.28. The maximum absolute atomic E-state index is 12.2. The van der Waals surface area contributed by atoms with E-state index in [1.807, 2.05) is 50.2 Å². The third kappa shape index (κ3) is 8.22. The van der Waals surface area contributed by atoms with Crippen LogP contribution in [0.3, 0.4) is 0 Å². The first-order chi connectivity index (χ1) is 14.4. The van der Waals surface area contributed by atoms with E-state index in [0.29, 0.717) is 29.7 Å². The molecule has 0 atom stereocenters. The standard InChI is InChI=1S/C23H32ClN3O3/c1-5-29-21-14-18(15-25-11-6-12-27(3)4)13-20(24)23(21)30-16-22(28)26-19-9-7-17(2)8-10-19/h7-10,13-14,25H,5-6,11-12,15-16H2,1-4H3,(H,26,28). The zero-order valence-electron chi connectivity index (χ0n) is 18.3. The first-order valence-electron chi connectivity index (χ1n) is 10.2. The lowest BCUT2D eigenvalue weighted by molar-refractivity contribution is -0.118. The maximum Gasteiger partial charge on any atom is 0.262 e. The topological polar surface area (TPSA) is 62.8 Å². The molecule has 0 radical (unpaired) electrons. The van der Waals surface area contributed by atoms with E-state index in [1.165, 1.54) is 0 Å². The van der Waals surface area contributed by atoms with Crippen LogP contribution in [0.5, 0.6) is 11.5 Å². The summed E-state index contributed by atoms with van der Waals surface area (Å²) < 4.78 is 11.4. The summed E-state index contributed by atoms with van der Waals surface area (Å²) >= 11 is 6.44. The molecule has 0 saturated heterocycles. The SMILES string of the molecule is CCOc1cc(CNCCCN(C)C)cc(Cl)c1OCC(=O)Nc1ccc(C)cc1. The Morgan fingerprint density at radius 2 is 1.87 bits per heavy atom. The molecule has 6 nitrogen and oxygen atoms in total. The summed E-state index contributed by atoms with van der Waals surface area (Å²) in [6, 6.07) is 11.3. The number of hydrogen-bond acceptors (Lipinski definition) is 5. The van der Waals surface area contributed by atoms with Gasteiger partial charge in [0.25, 0.3) is 5.91 Å². The average Bonchev–Trinajstić information content (AvgIpc) is 2.69. The van der Waals surface area contributed by atoms with Crippen molar-refractivity contribution in [2.45, 2.75) is 26.8 Å². The van der Waals surface area contributed by atoms with Crippen molar-refractivity contribution in [3.05, 3.63) is 52.5 Å². The van der Waals surface area contributed by atoms with Gasteiger partial charge >= 0.3 is 0 Å². The molecule has 164 valence electrons. The molecule has 2 rings (SSSR count). The number of rotatable bonds is 12. The van der Waals surface area contributed by atoms with Crippen molar-refractivity contribution < 1.29 is 14.3 Å². The smallest absolute Gasteiger partial charge is 0.262 e. The molecule has 0 aliphatic rings. The number of benzene rings is 2. The van der Waals surface area contributed by atoms with Crippen molar-refractivity contribution in [1.82, 2.24) is 10.2 Å². The number of nitrogens with one attached hydrogen (secondary N) is 2. The Morgan fingerprint density at radius 3 is 2.53 bits per heavy atom. The van der Waals surface area contributed by atoms with E-state index in [1.54, 1.807) is 0 Å². The minimum Gasteiger partial charge on any atom is -0.490 e. The molecule has 0 fully saturated rings. The summed E-state index contributed by atoms with van der Waals surface area (Å²) in [5, 5.41) is 6.64. The van der Waals surface area contributed by atoms with Crippen LogP contribution in [0.15, 0.2) is 36.4 Å². The maximum atomic E-state index is 12.2. The largest absolute Gasteiger partial charge is 0.490 e. The molecule has 2 aromatic carbocycles. The van der Waals surface area contributed by atoms with Crippen molar-refractivity contribution in [2.24, 2.45) is 0 Å². The van der Waals surface area contributed by atoms with Crippen molar-refractivity contribution >= 4 is 23.2 Å². The third-order valence-electron chi connectivity index (χ3n) is 4.34. The molecule has 1 amide bonds. The van der Waals surface area contributed by atoms with Gasteiger partial charge in [0, 0.05) is 12.2 Å². The molecule has 30 heavy (non-hydrogen) atoms. The van der Waals surface area contributed by atoms with E-state index in [-0.39, 0.29) is 12.5 Å². The van der Waals surface area contributed by atoms with Gasteiger partial charge in [-0.1, -0.05) is 29.3 Å². The highest BCUT2D eigenvalue weighted by Crippen LogP contribution is 2.36. The van der Waals surface area contributed by atoms with Gasteiger partial charge in [0.15, 0.2) is 18.1 Å². The summed E-state index contributed by atoms with van der Waals surface area (Å²) in [6.07, 6.45) is 1.07. The Bertz CT molecular complexity index is 810. The molecule has 0 aliphatic heterocycles. The summed E-state index contributed by atoms with van der Waals surface area (Å²) in [5.41, 5.74) is 2.86. The van der Waals surface area contributed by atoms with Crippen LogP contribution >= 0.6 is 11.6 Å². The normalized spacial score (nSPS) is 10.9. The van der Waals surface area contributed by atoms with E-state index < -0.39 is 0 Å². The lowest BCUT2D eigenvalue weighted by atomic mass is 10.2. The van der Waals surface area contributed by atoms with Crippen LogP contribution in [-0.2, 0) is 11.3 Å². The fourth-order valence-corrected chi connectivity index (χ4v) is 3.14. The highest BCUT2D eigenvalue weighted by atomic mass is 35.5. The number of ether oxygens (including phenoxy) is 2. The fourth-order valence-electron chi connectivity index (χ4n) is 2.85. The second kappa shape index (κ2) is 12.4. The van der Waals surface area contributed by atoms with Gasteiger partial charge in [0.1, 0.15) is 0 Å². The first-order valence-corrected chi connectivity index (χ1v) is 10.6. The molecule has 0 aromatic heterocycles. The molecule has 0 spiro atoms. The van der Waals surface area contributed by atoms with Crippen LogP contribution in [0.4, 0.5) is 5.69 Å². The summed E-state index contributed by atoms with van der Waals surface area (Å²) in [7, 11) is 4.13. The Morgan fingerprint density at radius 1 is 1.13 bits per heavy atom. The Kier molecular flexibility index (Phi) is 9.94. The molecule has 0 unspecified atom stereocenters. The van der Waals surface area contributed by atoms with Crippen LogP contribution in [0.1, 0.15) is 24.5 Å². The Balaban J connectivity index is 1.95. The van der Waals surface area contributed by atoms with Gasteiger partial charge in [-0.15, -0.1) is 0 Å². The predicted octanol–water partition coefficient (Wildman–Crippen LogP) is 4.11. The molecule has 2 aromatic rings. The molecule has 0 saturated carbocycles. The van der Waals surface area contributed by atoms with Gasteiger partial charge < -0.3 is 25.0 Å². The molecule has 0 heterocycles. The highest BCUT2D eigenvalue weighted by molar-refractivity contribution is 6.32. The van der Waals surface area contributed by atoms with E-state index in [0.717, 1.165) is 36.3 Å². The van der Waals surface area contributed by atoms with Crippen molar-refractivity contribution in [3.63, 3.8) is 0 Å². The second-order valence-corrected chi connectivity index (χ2v) is 7.78. The summed E-state index contributed by atoms with van der Waals surface area (Å²) in [5.74, 6) is 0.663. The summed E-state index contributed by atoms with van der Waals surface area (Å²) in [6.45, 7) is 6.84. The third-order valence-corrected chi connectivity index (χ3v) is 4.62. The van der Waals surface area contributed by atoms with Gasteiger partial charge in [-0.3, -0.25) is 4.79 Å². The number of anilines is 1. The van der Waals surface area contributed by atoms with Crippen LogP contribution < -0.4 is 20.1 Å². The molecule has 0 aliphatic carbocycles. The van der Waals surface area contributed by atoms with E-state index in [2.05, 4.69) is 29.6 Å². The fraction of sp³-hybridized carbons (Fsp3) is 0.435. The van der Waals surface area contributed by atoms with Crippen molar-refractivity contribution in [2.75, 3.05) is 45.7 Å². The van der Waals surface area contributed by atoms with Crippen LogP contribution in [0.2, 0.25) is 5.02 Å². The van der Waals surface area contributed by atoms with Crippen LogP contribution in [0.25, 0.3) is 0 Å². The van der Waals surface area contributed by atoms with Crippen LogP contribution in [-0.4, -0.2) is 51.2 Å². The van der Waals surface area contributed by atoms with Crippen molar-refractivity contribution in [3.8, 4) is 11.5 Å². The minimum atomic E-state index is -0.260. The molecule has 0 bridgehead atoms. The zero-order valence-corrected chi connectivity index (χ0v) is 19.0. The minimum absolute atomic E-state index is 0.157. The molecular weight excluding hydrogens is 402 g/mol. The highest BCUT2D eigenvalue weighted by Gasteiger charge is 2.14. The zero-order chi connectivity index (χ0) is 21.9. The predicted molar refractivity (Wildman–Crippen MR) is 123 cm³/mol. The van der Waals surface area contributed by atoms with E-state index in [9.17, 15) is 4.79 Å². The second-order valence-electron chi connectivity index (χ2n) is 7.37. The van der Waals surface area contributed by atoms with Gasteiger partial charge in [0.2, 0.25) is 0 Å².